The average molecular weight is 342 g/mol. The van der Waals surface area contributed by atoms with Crippen LogP contribution in [0, 0.1) is 11.2 Å². The quantitative estimate of drug-likeness (QED) is 0.915. The first-order chi connectivity index (χ1) is 10.6. The van der Waals surface area contributed by atoms with Gasteiger partial charge in [0.2, 0.25) is 15.9 Å². The minimum Gasteiger partial charge on any atom is -0.353 e. The van der Waals surface area contributed by atoms with E-state index in [1.807, 2.05) is 20.8 Å². The van der Waals surface area contributed by atoms with Gasteiger partial charge < -0.3 is 5.32 Å². The van der Waals surface area contributed by atoms with E-state index < -0.39 is 21.3 Å². The largest absolute Gasteiger partial charge is 0.353 e. The molecule has 0 bridgehead atoms. The van der Waals surface area contributed by atoms with Gasteiger partial charge in [-0.15, -0.1) is 0 Å². The van der Waals surface area contributed by atoms with Gasteiger partial charge in [-0.1, -0.05) is 20.8 Å². The molecule has 0 spiro atoms. The van der Waals surface area contributed by atoms with Crippen molar-refractivity contribution in [1.29, 1.82) is 0 Å². The Morgan fingerprint density at radius 3 is 2.17 bits per heavy atom. The number of rotatable bonds is 3. The molecule has 0 radical (unpaired) electrons. The molecule has 7 heteroatoms. The Labute approximate surface area is 136 Å². The lowest BCUT2D eigenvalue weighted by molar-refractivity contribution is -0.129. The van der Waals surface area contributed by atoms with Gasteiger partial charge in [0.15, 0.2) is 0 Å². The normalized spacial score (nSPS) is 17.9. The molecule has 0 aromatic heterocycles. The molecule has 1 aromatic rings. The summed E-state index contributed by atoms with van der Waals surface area (Å²) in [5.41, 5.74) is -0.461. The van der Waals surface area contributed by atoms with Gasteiger partial charge in [0, 0.05) is 24.5 Å². The van der Waals surface area contributed by atoms with Crippen LogP contribution >= 0.6 is 0 Å². The van der Waals surface area contributed by atoms with Crippen molar-refractivity contribution in [2.75, 3.05) is 13.1 Å². The van der Waals surface area contributed by atoms with Crippen molar-refractivity contribution in [1.82, 2.24) is 9.62 Å². The molecule has 2 rings (SSSR count). The molecule has 1 amide bonds. The maximum absolute atomic E-state index is 12.9. The summed E-state index contributed by atoms with van der Waals surface area (Å²) in [5, 5.41) is 2.97. The van der Waals surface area contributed by atoms with Gasteiger partial charge in [-0.2, -0.15) is 4.31 Å². The van der Waals surface area contributed by atoms with Gasteiger partial charge in [-0.3, -0.25) is 4.79 Å². The van der Waals surface area contributed by atoms with Crippen molar-refractivity contribution < 1.29 is 17.6 Å². The van der Waals surface area contributed by atoms with Crippen molar-refractivity contribution >= 4 is 15.9 Å². The van der Waals surface area contributed by atoms with Crippen LogP contribution in [0.1, 0.15) is 33.6 Å². The maximum atomic E-state index is 12.9. The zero-order valence-electron chi connectivity index (χ0n) is 13.7. The smallest absolute Gasteiger partial charge is 0.243 e. The molecular weight excluding hydrogens is 319 g/mol. The summed E-state index contributed by atoms with van der Waals surface area (Å²) >= 11 is 0. The summed E-state index contributed by atoms with van der Waals surface area (Å²) in [6.07, 6.45) is 1.14. The van der Waals surface area contributed by atoms with Crippen LogP contribution in [-0.2, 0) is 14.8 Å². The maximum Gasteiger partial charge on any atom is 0.243 e. The fraction of sp³-hybridized carbons (Fsp3) is 0.562. The predicted octanol–water partition coefficient (Wildman–Crippen LogP) is 2.14. The molecule has 128 valence electrons. The highest BCUT2D eigenvalue weighted by Crippen LogP contribution is 2.22. The van der Waals surface area contributed by atoms with Crippen LogP contribution < -0.4 is 5.32 Å². The number of carbonyl (C=O) groups is 1. The van der Waals surface area contributed by atoms with E-state index in [0.29, 0.717) is 25.9 Å². The summed E-state index contributed by atoms with van der Waals surface area (Å²) in [7, 11) is -3.61. The molecule has 0 unspecified atom stereocenters. The van der Waals surface area contributed by atoms with Crippen LogP contribution in [0.5, 0.6) is 0 Å². The lowest BCUT2D eigenvalue weighted by Crippen LogP contribution is -2.48. The molecule has 1 saturated heterocycles. The number of hydrogen-bond acceptors (Lipinski definition) is 3. The number of piperidine rings is 1. The van der Waals surface area contributed by atoms with Crippen molar-refractivity contribution in [2.24, 2.45) is 5.41 Å². The Morgan fingerprint density at radius 2 is 1.70 bits per heavy atom. The lowest BCUT2D eigenvalue weighted by Gasteiger charge is -2.33. The van der Waals surface area contributed by atoms with Gasteiger partial charge >= 0.3 is 0 Å². The van der Waals surface area contributed by atoms with Crippen LogP contribution in [0.2, 0.25) is 0 Å². The molecule has 1 N–H and O–H groups in total. The second-order valence-electron chi connectivity index (χ2n) is 6.86. The van der Waals surface area contributed by atoms with Crippen molar-refractivity contribution in [3.05, 3.63) is 30.1 Å². The molecule has 0 atom stereocenters. The summed E-state index contributed by atoms with van der Waals surface area (Å²) in [6.45, 7) is 6.22. The molecule has 23 heavy (non-hydrogen) atoms. The zero-order chi connectivity index (χ0) is 17.3. The van der Waals surface area contributed by atoms with E-state index in [2.05, 4.69) is 5.32 Å². The Bertz CT molecular complexity index is 658. The van der Waals surface area contributed by atoms with Crippen molar-refractivity contribution in [3.8, 4) is 0 Å². The zero-order valence-corrected chi connectivity index (χ0v) is 14.5. The van der Waals surface area contributed by atoms with Gasteiger partial charge in [0.05, 0.1) is 4.90 Å². The molecule has 0 saturated carbocycles. The molecule has 1 aromatic carbocycles. The molecular formula is C16H23FN2O3S. The summed E-state index contributed by atoms with van der Waals surface area (Å²) in [5.74, 6) is -0.495. The highest BCUT2D eigenvalue weighted by atomic mass is 32.2. The molecule has 5 nitrogen and oxygen atoms in total. The SMILES string of the molecule is CC(C)(C)C(=O)NC1CCN(S(=O)(=O)c2ccc(F)cc2)CC1. The fourth-order valence-electron chi connectivity index (χ4n) is 2.40. The van der Waals surface area contributed by atoms with Gasteiger partial charge in [-0.05, 0) is 37.1 Å². The first-order valence-electron chi connectivity index (χ1n) is 7.67. The highest BCUT2D eigenvalue weighted by molar-refractivity contribution is 7.89. The highest BCUT2D eigenvalue weighted by Gasteiger charge is 2.31. The van der Waals surface area contributed by atoms with Crippen LogP contribution in [0.3, 0.4) is 0 Å². The number of halogens is 1. The second kappa shape index (κ2) is 6.57. The fourth-order valence-corrected chi connectivity index (χ4v) is 3.87. The Kier molecular flexibility index (Phi) is 5.10. The van der Waals surface area contributed by atoms with E-state index in [1.165, 1.54) is 16.4 Å². The number of amides is 1. The van der Waals surface area contributed by atoms with E-state index in [1.54, 1.807) is 0 Å². The third kappa shape index (κ3) is 4.29. The van der Waals surface area contributed by atoms with Crippen LogP contribution in [0.25, 0.3) is 0 Å². The summed E-state index contributed by atoms with van der Waals surface area (Å²) in [6, 6.07) is 4.82. The lowest BCUT2D eigenvalue weighted by atomic mass is 9.94. The van der Waals surface area contributed by atoms with E-state index in [4.69, 9.17) is 0 Å². The monoisotopic (exact) mass is 342 g/mol. The molecule has 1 heterocycles. The van der Waals surface area contributed by atoms with Crippen molar-refractivity contribution in [3.63, 3.8) is 0 Å². The molecule has 1 fully saturated rings. The van der Waals surface area contributed by atoms with E-state index >= 15 is 0 Å². The first-order valence-corrected chi connectivity index (χ1v) is 9.11. The van der Waals surface area contributed by atoms with E-state index in [9.17, 15) is 17.6 Å². The number of carbonyl (C=O) groups excluding carboxylic acids is 1. The first kappa shape index (κ1) is 17.9. The number of nitrogens with one attached hydrogen (secondary N) is 1. The minimum absolute atomic E-state index is 0.0126. The van der Waals surface area contributed by atoms with Crippen molar-refractivity contribution in [2.45, 2.75) is 44.6 Å². The Morgan fingerprint density at radius 1 is 1.17 bits per heavy atom. The number of sulfonamides is 1. The van der Waals surface area contributed by atoms with E-state index in [0.717, 1.165) is 12.1 Å². The third-order valence-corrected chi connectivity index (χ3v) is 5.83. The second-order valence-corrected chi connectivity index (χ2v) is 8.79. The average Bonchev–Trinajstić information content (AvgIpc) is 2.47. The molecule has 1 aliphatic heterocycles. The molecule has 1 aliphatic rings. The number of benzene rings is 1. The minimum atomic E-state index is -3.61. The van der Waals surface area contributed by atoms with Gasteiger partial charge in [0.1, 0.15) is 5.82 Å². The number of nitrogens with zero attached hydrogens (tertiary/aromatic N) is 1. The van der Waals surface area contributed by atoms with E-state index in [-0.39, 0.29) is 16.8 Å². The Hall–Kier alpha value is -1.47. The third-order valence-electron chi connectivity index (χ3n) is 3.92. The standard InChI is InChI=1S/C16H23FN2O3S/c1-16(2,3)15(20)18-13-8-10-19(11-9-13)23(21,22)14-6-4-12(17)5-7-14/h4-7,13H,8-11H2,1-3H3,(H,18,20). The summed E-state index contributed by atoms with van der Waals surface area (Å²) in [4.78, 5) is 12.1. The molecule has 0 aliphatic carbocycles. The van der Waals surface area contributed by atoms with Gasteiger partial charge in [0.25, 0.3) is 0 Å². The number of hydrogen-bond donors (Lipinski definition) is 1. The van der Waals surface area contributed by atoms with Crippen LogP contribution in [-0.4, -0.2) is 37.8 Å². The topological polar surface area (TPSA) is 66.5 Å². The van der Waals surface area contributed by atoms with Crippen LogP contribution in [0.4, 0.5) is 4.39 Å². The Balaban J connectivity index is 1.98. The van der Waals surface area contributed by atoms with Crippen LogP contribution in [0.15, 0.2) is 29.2 Å². The predicted molar refractivity (Wildman–Crippen MR) is 85.8 cm³/mol. The van der Waals surface area contributed by atoms with Gasteiger partial charge in [-0.25, -0.2) is 12.8 Å². The summed E-state index contributed by atoms with van der Waals surface area (Å²) < 4.78 is 39.3.